The molecule has 1 fully saturated rings. The molecule has 1 aromatic heterocycles. The Morgan fingerprint density at radius 1 is 1.24 bits per heavy atom. The minimum absolute atomic E-state index is 0.252. The van der Waals surface area contributed by atoms with E-state index in [4.69, 9.17) is 0 Å². The van der Waals surface area contributed by atoms with Gasteiger partial charge < -0.3 is 4.90 Å². The number of amides is 1. The van der Waals surface area contributed by atoms with Crippen molar-refractivity contribution in [3.8, 4) is 0 Å². The summed E-state index contributed by atoms with van der Waals surface area (Å²) < 4.78 is 1.90. The van der Waals surface area contributed by atoms with Gasteiger partial charge in [0.25, 0.3) is 0 Å². The highest BCUT2D eigenvalue weighted by atomic mass is 16.2. The van der Waals surface area contributed by atoms with Gasteiger partial charge in [0.05, 0.1) is 12.2 Å². The summed E-state index contributed by atoms with van der Waals surface area (Å²) in [7, 11) is 0. The first-order valence-corrected chi connectivity index (χ1v) is 7.58. The van der Waals surface area contributed by atoms with Crippen LogP contribution in [0.15, 0.2) is 42.6 Å². The predicted molar refractivity (Wildman–Crippen MR) is 81.6 cm³/mol. The second kappa shape index (κ2) is 6.12. The van der Waals surface area contributed by atoms with Crippen molar-refractivity contribution in [3.05, 3.63) is 53.9 Å². The third-order valence-electron chi connectivity index (χ3n) is 4.03. The van der Waals surface area contributed by atoms with Gasteiger partial charge in [-0.1, -0.05) is 30.3 Å². The number of aryl methyl sites for hydroxylation is 1. The topological polar surface area (TPSA) is 38.1 Å². The summed E-state index contributed by atoms with van der Waals surface area (Å²) in [5.74, 6) is 0.676. The van der Waals surface area contributed by atoms with Gasteiger partial charge in [-0.15, -0.1) is 0 Å². The molecule has 0 spiro atoms. The highest BCUT2D eigenvalue weighted by Crippen LogP contribution is 2.23. The van der Waals surface area contributed by atoms with Gasteiger partial charge in [0.15, 0.2) is 0 Å². The van der Waals surface area contributed by atoms with Crippen LogP contribution < -0.4 is 0 Å². The molecular formula is C17H21N3O. The Balaban J connectivity index is 1.59. The van der Waals surface area contributed by atoms with Crippen LogP contribution in [0.5, 0.6) is 0 Å². The van der Waals surface area contributed by atoms with Gasteiger partial charge in [-0.2, -0.15) is 5.10 Å². The maximum atomic E-state index is 12.1. The van der Waals surface area contributed by atoms with E-state index < -0.39 is 0 Å². The number of benzene rings is 1. The lowest BCUT2D eigenvalue weighted by molar-refractivity contribution is -0.128. The van der Waals surface area contributed by atoms with Gasteiger partial charge in [-0.25, -0.2) is 0 Å². The van der Waals surface area contributed by atoms with E-state index in [2.05, 4.69) is 36.3 Å². The molecule has 1 atom stereocenters. The van der Waals surface area contributed by atoms with Gasteiger partial charge in [0, 0.05) is 25.7 Å². The van der Waals surface area contributed by atoms with E-state index in [0.717, 1.165) is 25.2 Å². The molecule has 0 N–H and O–H groups in total. The summed E-state index contributed by atoms with van der Waals surface area (Å²) >= 11 is 0. The number of hydrogen-bond acceptors (Lipinski definition) is 2. The number of rotatable bonds is 5. The molecule has 1 aromatic carbocycles. The van der Waals surface area contributed by atoms with Crippen LogP contribution in [-0.2, 0) is 24.3 Å². The predicted octanol–water partition coefficient (Wildman–Crippen LogP) is 2.49. The fourth-order valence-corrected chi connectivity index (χ4v) is 2.95. The van der Waals surface area contributed by atoms with Crippen molar-refractivity contribution in [2.75, 3.05) is 6.54 Å². The summed E-state index contributed by atoms with van der Waals surface area (Å²) in [4.78, 5) is 14.1. The summed E-state index contributed by atoms with van der Waals surface area (Å²) in [6, 6.07) is 12.4. The summed E-state index contributed by atoms with van der Waals surface area (Å²) in [5.41, 5.74) is 2.29. The van der Waals surface area contributed by atoms with Crippen LogP contribution in [0.25, 0.3) is 0 Å². The fraction of sp³-hybridized carbons (Fsp3) is 0.412. The molecule has 3 rings (SSSR count). The Morgan fingerprint density at radius 2 is 2.05 bits per heavy atom. The summed E-state index contributed by atoms with van der Waals surface area (Å²) in [5, 5.41) is 4.46. The number of hydrogen-bond donors (Lipinski definition) is 0. The van der Waals surface area contributed by atoms with Crippen molar-refractivity contribution >= 4 is 5.91 Å². The van der Waals surface area contributed by atoms with Gasteiger partial charge in [-0.05, 0) is 30.9 Å². The summed E-state index contributed by atoms with van der Waals surface area (Å²) in [6.45, 7) is 4.40. The van der Waals surface area contributed by atoms with Crippen LogP contribution in [0.3, 0.4) is 0 Å². The Morgan fingerprint density at radius 3 is 2.76 bits per heavy atom. The van der Waals surface area contributed by atoms with Crippen molar-refractivity contribution in [2.45, 2.75) is 32.9 Å². The molecule has 1 aliphatic rings. The van der Waals surface area contributed by atoms with Gasteiger partial charge >= 0.3 is 0 Å². The Bertz CT molecular complexity index is 606. The molecule has 1 aliphatic heterocycles. The SMILES string of the molecule is CCn1ccc(CN2CC(Cc3ccccc3)CC2=O)n1. The molecule has 21 heavy (non-hydrogen) atoms. The van der Waals surface area contributed by atoms with E-state index in [1.54, 1.807) is 0 Å². The van der Waals surface area contributed by atoms with Crippen molar-refractivity contribution in [1.82, 2.24) is 14.7 Å². The second-order valence-corrected chi connectivity index (χ2v) is 5.70. The molecular weight excluding hydrogens is 262 g/mol. The average Bonchev–Trinajstić information content (AvgIpc) is 3.08. The van der Waals surface area contributed by atoms with Gasteiger partial charge in [0.2, 0.25) is 5.91 Å². The minimum atomic E-state index is 0.252. The second-order valence-electron chi connectivity index (χ2n) is 5.70. The molecule has 0 radical (unpaired) electrons. The lowest BCUT2D eigenvalue weighted by atomic mass is 9.99. The molecule has 1 saturated heterocycles. The van der Waals surface area contributed by atoms with Crippen molar-refractivity contribution in [1.29, 1.82) is 0 Å². The maximum Gasteiger partial charge on any atom is 0.223 e. The van der Waals surface area contributed by atoms with Crippen LogP contribution in [0.1, 0.15) is 24.6 Å². The smallest absolute Gasteiger partial charge is 0.223 e. The molecule has 2 aromatic rings. The van der Waals surface area contributed by atoms with Gasteiger partial charge in [-0.3, -0.25) is 9.48 Å². The molecule has 4 nitrogen and oxygen atoms in total. The molecule has 0 bridgehead atoms. The van der Waals surface area contributed by atoms with E-state index in [-0.39, 0.29) is 5.91 Å². The Labute approximate surface area is 125 Å². The third kappa shape index (κ3) is 3.32. The van der Waals surface area contributed by atoms with Crippen LogP contribution in [-0.4, -0.2) is 27.1 Å². The zero-order valence-electron chi connectivity index (χ0n) is 12.4. The Hall–Kier alpha value is -2.10. The highest BCUT2D eigenvalue weighted by Gasteiger charge is 2.29. The quantitative estimate of drug-likeness (QED) is 0.845. The molecule has 0 saturated carbocycles. The lowest BCUT2D eigenvalue weighted by Crippen LogP contribution is -2.25. The van der Waals surface area contributed by atoms with Crippen LogP contribution >= 0.6 is 0 Å². The number of likely N-dealkylation sites (tertiary alicyclic amines) is 1. The van der Waals surface area contributed by atoms with Crippen LogP contribution in [0.4, 0.5) is 0 Å². The van der Waals surface area contributed by atoms with Crippen LogP contribution in [0, 0.1) is 5.92 Å². The Kier molecular flexibility index (Phi) is 4.04. The molecule has 1 amide bonds. The fourth-order valence-electron chi connectivity index (χ4n) is 2.95. The van der Waals surface area contributed by atoms with E-state index in [0.29, 0.717) is 18.9 Å². The van der Waals surface area contributed by atoms with E-state index in [9.17, 15) is 4.79 Å². The number of carbonyl (C=O) groups excluding carboxylic acids is 1. The first-order chi connectivity index (χ1) is 10.2. The monoisotopic (exact) mass is 283 g/mol. The van der Waals surface area contributed by atoms with E-state index in [1.807, 2.05) is 27.9 Å². The van der Waals surface area contributed by atoms with Gasteiger partial charge in [0.1, 0.15) is 0 Å². The molecule has 0 aliphatic carbocycles. The molecule has 1 unspecified atom stereocenters. The van der Waals surface area contributed by atoms with E-state index in [1.165, 1.54) is 5.56 Å². The zero-order chi connectivity index (χ0) is 14.7. The minimum Gasteiger partial charge on any atom is -0.336 e. The third-order valence-corrected chi connectivity index (χ3v) is 4.03. The normalized spacial score (nSPS) is 18.4. The zero-order valence-corrected chi connectivity index (χ0v) is 12.4. The average molecular weight is 283 g/mol. The van der Waals surface area contributed by atoms with E-state index >= 15 is 0 Å². The number of carbonyl (C=O) groups is 1. The first-order valence-electron chi connectivity index (χ1n) is 7.58. The highest BCUT2D eigenvalue weighted by molar-refractivity contribution is 5.78. The van der Waals surface area contributed by atoms with Crippen molar-refractivity contribution < 1.29 is 4.79 Å². The van der Waals surface area contributed by atoms with Crippen molar-refractivity contribution in [2.24, 2.45) is 5.92 Å². The number of nitrogens with zero attached hydrogens (tertiary/aromatic N) is 3. The number of aromatic nitrogens is 2. The summed E-state index contributed by atoms with van der Waals surface area (Å²) in [6.07, 6.45) is 3.60. The largest absolute Gasteiger partial charge is 0.336 e. The first kappa shape index (κ1) is 13.9. The molecule has 110 valence electrons. The standard InChI is InChI=1S/C17H21N3O/c1-2-20-9-8-16(18-20)13-19-12-15(11-17(19)21)10-14-6-4-3-5-7-14/h3-9,15H,2,10-13H2,1H3. The maximum absolute atomic E-state index is 12.1. The van der Waals surface area contributed by atoms with Crippen LogP contribution in [0.2, 0.25) is 0 Å². The molecule has 2 heterocycles. The van der Waals surface area contributed by atoms with Crippen molar-refractivity contribution in [3.63, 3.8) is 0 Å². The lowest BCUT2D eigenvalue weighted by Gasteiger charge is -2.15. The molecule has 4 heteroatoms.